The molecule has 5 rings (SSSR count). The smallest absolute Gasteiger partial charge is 0.334 e. The summed E-state index contributed by atoms with van der Waals surface area (Å²) in [4.78, 5) is 39.2. The Morgan fingerprint density at radius 3 is 2.50 bits per heavy atom. The molecule has 0 spiro atoms. The van der Waals surface area contributed by atoms with Crippen molar-refractivity contribution < 1.29 is 4.79 Å². The maximum absolute atomic E-state index is 13.5. The highest BCUT2D eigenvalue weighted by atomic mass is 35.5. The number of aromatic nitrogens is 5. The summed E-state index contributed by atoms with van der Waals surface area (Å²) in [6.07, 6.45) is 8.31. The number of hydrogen-bond donors (Lipinski definition) is 2. The van der Waals surface area contributed by atoms with Gasteiger partial charge in [0.1, 0.15) is 5.82 Å². The molecule has 1 aliphatic rings. The van der Waals surface area contributed by atoms with Crippen LogP contribution in [0.5, 0.6) is 0 Å². The number of carbonyl (C=O) groups excluding carboxylic acids is 1. The number of aryl methyl sites for hydroxylation is 1. The van der Waals surface area contributed by atoms with Gasteiger partial charge in [0, 0.05) is 25.8 Å². The fourth-order valence-electron chi connectivity index (χ4n) is 4.92. The molecule has 1 aliphatic carbocycles. The number of pyridine rings is 1. The second kappa shape index (κ2) is 10.1. The molecule has 2 N–H and O–H groups in total. The van der Waals surface area contributed by atoms with Gasteiger partial charge in [0.05, 0.1) is 39.7 Å². The normalized spacial score (nSPS) is 17.8. The van der Waals surface area contributed by atoms with Gasteiger partial charge in [-0.15, -0.1) is 0 Å². The van der Waals surface area contributed by atoms with E-state index in [-0.39, 0.29) is 17.6 Å². The Hall–Kier alpha value is -3.72. The van der Waals surface area contributed by atoms with Crippen molar-refractivity contribution in [3.8, 4) is 5.82 Å². The minimum Gasteiger partial charge on any atom is -0.372 e. The quantitative estimate of drug-likeness (QED) is 0.410. The lowest BCUT2D eigenvalue weighted by atomic mass is 9.85. The van der Waals surface area contributed by atoms with E-state index in [4.69, 9.17) is 11.6 Å². The molecule has 36 heavy (non-hydrogen) atoms. The molecule has 3 heterocycles. The van der Waals surface area contributed by atoms with Crippen LogP contribution in [-0.2, 0) is 6.54 Å². The highest BCUT2D eigenvalue weighted by molar-refractivity contribution is 6.30. The molecule has 10 heteroatoms. The van der Waals surface area contributed by atoms with Crippen molar-refractivity contribution in [1.82, 2.24) is 29.4 Å². The first-order chi connectivity index (χ1) is 17.4. The number of amides is 1. The van der Waals surface area contributed by atoms with E-state index >= 15 is 0 Å². The lowest BCUT2D eigenvalue weighted by Crippen LogP contribution is -2.39. The van der Waals surface area contributed by atoms with Crippen molar-refractivity contribution in [2.24, 2.45) is 5.92 Å². The molecule has 0 aliphatic heterocycles. The number of anilines is 1. The summed E-state index contributed by atoms with van der Waals surface area (Å²) in [5.41, 5.74) is 2.73. The summed E-state index contributed by atoms with van der Waals surface area (Å²) in [5.74, 6) is 1.32. The molecule has 9 nitrogen and oxygen atoms in total. The number of rotatable bonds is 6. The van der Waals surface area contributed by atoms with Gasteiger partial charge in [-0.25, -0.2) is 19.3 Å². The van der Waals surface area contributed by atoms with Gasteiger partial charge in [0.2, 0.25) is 0 Å². The van der Waals surface area contributed by atoms with Gasteiger partial charge < -0.3 is 10.6 Å². The molecule has 0 radical (unpaired) electrons. The first-order valence-electron chi connectivity index (χ1n) is 12.1. The number of para-hydroxylation sites is 2. The van der Waals surface area contributed by atoms with E-state index in [0.29, 0.717) is 40.4 Å². The van der Waals surface area contributed by atoms with Gasteiger partial charge in [0.15, 0.2) is 5.82 Å². The monoisotopic (exact) mass is 505 g/mol. The van der Waals surface area contributed by atoms with Crippen LogP contribution in [0, 0.1) is 12.8 Å². The maximum atomic E-state index is 13.5. The zero-order chi connectivity index (χ0) is 25.2. The van der Waals surface area contributed by atoms with Gasteiger partial charge in [-0.3, -0.25) is 14.3 Å². The molecule has 0 unspecified atom stereocenters. The molecule has 1 saturated carbocycles. The van der Waals surface area contributed by atoms with Gasteiger partial charge in [-0.05, 0) is 56.7 Å². The van der Waals surface area contributed by atoms with Crippen molar-refractivity contribution in [3.63, 3.8) is 0 Å². The highest BCUT2D eigenvalue weighted by Gasteiger charge is 2.26. The largest absolute Gasteiger partial charge is 0.372 e. The standard InChI is InChI=1S/C26H28ClN7O2/c1-16-20(11-18(27)12-29-16)25(35)32-19-9-7-17(8-10-19)15-33-21-5-3-4-6-22(21)34(26(33)36)24-14-30-23(28-2)13-31-24/h3-6,11-14,17,19H,7-10,15H2,1-2H3,(H,28,30)(H,32,35). The fourth-order valence-corrected chi connectivity index (χ4v) is 5.08. The number of benzene rings is 1. The summed E-state index contributed by atoms with van der Waals surface area (Å²) >= 11 is 6.03. The Balaban J connectivity index is 1.30. The topological polar surface area (TPSA) is 107 Å². The van der Waals surface area contributed by atoms with E-state index in [1.165, 1.54) is 0 Å². The minimum atomic E-state index is -0.143. The van der Waals surface area contributed by atoms with Crippen molar-refractivity contribution in [2.45, 2.75) is 45.2 Å². The average Bonchev–Trinajstić information content (AvgIpc) is 3.17. The van der Waals surface area contributed by atoms with E-state index < -0.39 is 0 Å². The van der Waals surface area contributed by atoms with Crippen molar-refractivity contribution in [3.05, 3.63) is 75.7 Å². The van der Waals surface area contributed by atoms with Crippen molar-refractivity contribution >= 4 is 34.4 Å². The minimum absolute atomic E-state index is 0.0890. The number of nitrogens with one attached hydrogen (secondary N) is 2. The van der Waals surface area contributed by atoms with Gasteiger partial charge in [0.25, 0.3) is 5.91 Å². The van der Waals surface area contributed by atoms with E-state index in [0.717, 1.165) is 36.7 Å². The zero-order valence-electron chi connectivity index (χ0n) is 20.2. The second-order valence-corrected chi connectivity index (χ2v) is 9.64. The maximum Gasteiger partial charge on any atom is 0.334 e. The molecule has 1 aromatic carbocycles. The second-order valence-electron chi connectivity index (χ2n) is 9.20. The zero-order valence-corrected chi connectivity index (χ0v) is 21.0. The lowest BCUT2D eigenvalue weighted by molar-refractivity contribution is 0.0919. The molecule has 3 aromatic heterocycles. The molecule has 4 aromatic rings. The van der Waals surface area contributed by atoms with Crippen LogP contribution in [0.3, 0.4) is 0 Å². The van der Waals surface area contributed by atoms with Crippen LogP contribution in [0.2, 0.25) is 5.02 Å². The van der Waals surface area contributed by atoms with Crippen LogP contribution in [0.4, 0.5) is 5.82 Å². The first kappa shape index (κ1) is 24.0. The number of halogens is 1. The molecule has 0 bridgehead atoms. The first-order valence-corrected chi connectivity index (χ1v) is 12.5. The summed E-state index contributed by atoms with van der Waals surface area (Å²) in [6, 6.07) is 9.51. The summed E-state index contributed by atoms with van der Waals surface area (Å²) in [7, 11) is 1.78. The number of carbonyl (C=O) groups is 1. The Labute approximate surface area is 213 Å². The molecular weight excluding hydrogens is 478 g/mol. The summed E-state index contributed by atoms with van der Waals surface area (Å²) in [5, 5.41) is 6.53. The predicted octanol–water partition coefficient (Wildman–Crippen LogP) is 3.97. The van der Waals surface area contributed by atoms with Gasteiger partial charge >= 0.3 is 5.69 Å². The number of fused-ring (bicyclic) bond motifs is 1. The van der Waals surface area contributed by atoms with E-state index in [2.05, 4.69) is 25.6 Å². The molecular formula is C26H28ClN7O2. The highest BCUT2D eigenvalue weighted by Crippen LogP contribution is 2.27. The summed E-state index contributed by atoms with van der Waals surface area (Å²) < 4.78 is 3.46. The molecule has 1 amide bonds. The third kappa shape index (κ3) is 4.70. The SMILES string of the molecule is CNc1cnc(-n2c(=O)n(CC3CCC(NC(=O)c4cc(Cl)cnc4C)CC3)c3ccccc32)cn1. The van der Waals surface area contributed by atoms with Crippen LogP contribution in [0.1, 0.15) is 41.7 Å². The number of imidazole rings is 1. The fraction of sp³-hybridized carbons (Fsp3) is 0.346. The van der Waals surface area contributed by atoms with E-state index in [1.54, 1.807) is 43.2 Å². The van der Waals surface area contributed by atoms with Crippen LogP contribution < -0.4 is 16.3 Å². The Morgan fingerprint density at radius 2 is 1.81 bits per heavy atom. The Kier molecular flexibility index (Phi) is 6.73. The summed E-state index contributed by atoms with van der Waals surface area (Å²) in [6.45, 7) is 2.42. The van der Waals surface area contributed by atoms with E-state index in [9.17, 15) is 9.59 Å². The van der Waals surface area contributed by atoms with Crippen LogP contribution in [-0.4, -0.2) is 43.1 Å². The predicted molar refractivity (Wildman–Crippen MR) is 140 cm³/mol. The molecule has 1 fully saturated rings. The number of hydrogen-bond acceptors (Lipinski definition) is 6. The molecule has 186 valence electrons. The van der Waals surface area contributed by atoms with E-state index in [1.807, 2.05) is 28.8 Å². The Bertz CT molecular complexity index is 1450. The van der Waals surface area contributed by atoms with Crippen LogP contribution in [0.25, 0.3) is 16.9 Å². The van der Waals surface area contributed by atoms with Crippen molar-refractivity contribution in [1.29, 1.82) is 0 Å². The molecule has 0 saturated heterocycles. The van der Waals surface area contributed by atoms with Crippen molar-refractivity contribution in [2.75, 3.05) is 12.4 Å². The average molecular weight is 506 g/mol. The number of nitrogens with zero attached hydrogens (tertiary/aromatic N) is 5. The van der Waals surface area contributed by atoms with Gasteiger partial charge in [-0.1, -0.05) is 23.7 Å². The molecule has 0 atom stereocenters. The van der Waals surface area contributed by atoms with Crippen LogP contribution in [0.15, 0.2) is 53.7 Å². The third-order valence-electron chi connectivity index (χ3n) is 6.88. The van der Waals surface area contributed by atoms with Gasteiger partial charge in [-0.2, -0.15) is 0 Å². The van der Waals surface area contributed by atoms with Crippen LogP contribution >= 0.6 is 11.6 Å². The Morgan fingerprint density at radius 1 is 1.06 bits per heavy atom. The lowest BCUT2D eigenvalue weighted by Gasteiger charge is -2.29. The third-order valence-corrected chi connectivity index (χ3v) is 7.09.